The maximum absolute atomic E-state index is 12.8. The Bertz CT molecular complexity index is 1050. The molecule has 8 heteroatoms. The van der Waals surface area contributed by atoms with Crippen LogP contribution in [0.1, 0.15) is 12.0 Å². The molecule has 0 radical (unpaired) electrons. The van der Waals surface area contributed by atoms with Crippen molar-refractivity contribution in [3.05, 3.63) is 64.4 Å². The molecule has 6 nitrogen and oxygen atoms in total. The number of carbonyl (C=O) groups excluding carboxylic acids is 1. The third-order valence-electron chi connectivity index (χ3n) is 4.41. The zero-order valence-corrected chi connectivity index (χ0v) is 18.5. The van der Waals surface area contributed by atoms with Crippen molar-refractivity contribution in [3.8, 4) is 0 Å². The molecule has 0 spiro atoms. The topological polar surface area (TPSA) is 84.2 Å². The number of carbonyl (C=O) groups is 1. The molecule has 1 amide bonds. The van der Waals surface area contributed by atoms with E-state index in [0.717, 1.165) is 5.75 Å². The van der Waals surface area contributed by atoms with Crippen molar-refractivity contribution >= 4 is 40.3 Å². The zero-order valence-electron chi connectivity index (χ0n) is 16.8. The number of hydrogen-bond donors (Lipinski definition) is 2. The fraction of sp³-hybridized carbons (Fsp3) is 0.318. The van der Waals surface area contributed by atoms with E-state index in [4.69, 9.17) is 5.11 Å². The number of rotatable bonds is 10. The summed E-state index contributed by atoms with van der Waals surface area (Å²) < 4.78 is 1.55. The highest BCUT2D eigenvalue weighted by Gasteiger charge is 2.13. The maximum Gasteiger partial charge on any atom is 0.262 e. The normalized spacial score (nSPS) is 11.0. The second-order valence-corrected chi connectivity index (χ2v) is 8.86. The van der Waals surface area contributed by atoms with Gasteiger partial charge in [0.25, 0.3) is 5.56 Å². The molecular formula is C22H25N3O3S2. The number of hydrogen-bond acceptors (Lipinski definition) is 6. The van der Waals surface area contributed by atoms with Crippen LogP contribution in [-0.2, 0) is 11.3 Å². The first-order valence-corrected chi connectivity index (χ1v) is 11.7. The van der Waals surface area contributed by atoms with Gasteiger partial charge in [-0.05, 0) is 37.6 Å². The fourth-order valence-corrected chi connectivity index (χ4v) is 4.48. The standard InChI is InChI=1S/C22H25N3O3S2/c1-16-7-9-17(10-8-16)29-14-11-23-20(27)15-30-22-24-19-6-3-2-5-18(19)21(28)25(22)12-4-13-26/h2-3,5-10,26H,4,11-15H2,1H3,(H,23,27). The number of fused-ring (bicyclic) bond motifs is 1. The van der Waals surface area contributed by atoms with Gasteiger partial charge < -0.3 is 10.4 Å². The number of aromatic nitrogens is 2. The summed E-state index contributed by atoms with van der Waals surface area (Å²) in [5.74, 6) is 0.870. The highest BCUT2D eigenvalue weighted by Crippen LogP contribution is 2.19. The van der Waals surface area contributed by atoms with Gasteiger partial charge in [0.1, 0.15) is 0 Å². The van der Waals surface area contributed by atoms with Gasteiger partial charge in [0.05, 0.1) is 16.7 Å². The Hall–Kier alpha value is -2.29. The van der Waals surface area contributed by atoms with Crippen LogP contribution in [0.3, 0.4) is 0 Å². The van der Waals surface area contributed by atoms with Crippen LogP contribution < -0.4 is 10.9 Å². The largest absolute Gasteiger partial charge is 0.396 e. The third kappa shape index (κ3) is 6.10. The first kappa shape index (κ1) is 22.4. The third-order valence-corrected chi connectivity index (χ3v) is 6.40. The van der Waals surface area contributed by atoms with Crippen molar-refractivity contribution in [1.82, 2.24) is 14.9 Å². The van der Waals surface area contributed by atoms with Crippen LogP contribution in [0.15, 0.2) is 63.4 Å². The molecule has 3 rings (SSSR count). The van der Waals surface area contributed by atoms with E-state index in [-0.39, 0.29) is 23.8 Å². The Morgan fingerprint density at radius 1 is 1.13 bits per heavy atom. The molecule has 3 aromatic rings. The van der Waals surface area contributed by atoms with Crippen molar-refractivity contribution < 1.29 is 9.90 Å². The van der Waals surface area contributed by atoms with Gasteiger partial charge in [0.2, 0.25) is 5.91 Å². The number of amides is 1. The Morgan fingerprint density at radius 2 is 1.90 bits per heavy atom. The first-order chi connectivity index (χ1) is 14.6. The number of thioether (sulfide) groups is 2. The Balaban J connectivity index is 1.56. The molecule has 1 aromatic heterocycles. The lowest BCUT2D eigenvalue weighted by Crippen LogP contribution is -2.28. The molecule has 2 N–H and O–H groups in total. The van der Waals surface area contributed by atoms with Gasteiger partial charge in [0, 0.05) is 30.3 Å². The molecule has 0 unspecified atom stereocenters. The van der Waals surface area contributed by atoms with Crippen molar-refractivity contribution in [1.29, 1.82) is 0 Å². The summed E-state index contributed by atoms with van der Waals surface area (Å²) in [6, 6.07) is 15.5. The number of aryl methyl sites for hydroxylation is 1. The van der Waals surface area contributed by atoms with E-state index < -0.39 is 0 Å². The molecule has 158 valence electrons. The van der Waals surface area contributed by atoms with Crippen molar-refractivity contribution in [2.45, 2.75) is 29.9 Å². The average Bonchev–Trinajstić information content (AvgIpc) is 2.76. The van der Waals surface area contributed by atoms with Crippen LogP contribution in [0.2, 0.25) is 0 Å². The summed E-state index contributed by atoms with van der Waals surface area (Å²) in [5, 5.41) is 13.1. The second-order valence-electron chi connectivity index (χ2n) is 6.75. The van der Waals surface area contributed by atoms with Gasteiger partial charge in [-0.15, -0.1) is 11.8 Å². The molecule has 0 atom stereocenters. The lowest BCUT2D eigenvalue weighted by Gasteiger charge is -2.12. The van der Waals surface area contributed by atoms with Crippen LogP contribution in [-0.4, -0.2) is 45.2 Å². The number of nitrogens with one attached hydrogen (secondary N) is 1. The fourth-order valence-electron chi connectivity index (χ4n) is 2.86. The number of nitrogens with zero attached hydrogens (tertiary/aromatic N) is 2. The Labute approximate surface area is 184 Å². The molecule has 1 heterocycles. The lowest BCUT2D eigenvalue weighted by atomic mass is 10.2. The molecule has 0 fully saturated rings. The molecule has 0 saturated heterocycles. The minimum Gasteiger partial charge on any atom is -0.396 e. The molecule has 0 aliphatic carbocycles. The predicted molar refractivity (Wildman–Crippen MR) is 123 cm³/mol. The predicted octanol–water partition coefficient (Wildman–Crippen LogP) is 3.09. The minimum atomic E-state index is -0.147. The molecule has 0 aliphatic rings. The number of para-hydroxylation sites is 1. The molecule has 0 aliphatic heterocycles. The van der Waals surface area contributed by atoms with Crippen molar-refractivity contribution in [3.63, 3.8) is 0 Å². The van der Waals surface area contributed by atoms with Gasteiger partial charge in [-0.1, -0.05) is 41.6 Å². The highest BCUT2D eigenvalue weighted by atomic mass is 32.2. The van der Waals surface area contributed by atoms with E-state index >= 15 is 0 Å². The average molecular weight is 444 g/mol. The monoisotopic (exact) mass is 443 g/mol. The van der Waals surface area contributed by atoms with Crippen LogP contribution in [0, 0.1) is 6.92 Å². The molecular weight excluding hydrogens is 418 g/mol. The SMILES string of the molecule is Cc1ccc(SCCNC(=O)CSc2nc3ccccc3c(=O)n2CCCO)cc1. The molecule has 2 aromatic carbocycles. The van der Waals surface area contributed by atoms with Gasteiger partial charge in [0.15, 0.2) is 5.16 Å². The Morgan fingerprint density at radius 3 is 2.67 bits per heavy atom. The van der Waals surface area contributed by atoms with E-state index in [9.17, 15) is 9.59 Å². The second kappa shape index (κ2) is 11.2. The van der Waals surface area contributed by atoms with E-state index in [1.54, 1.807) is 34.5 Å². The van der Waals surface area contributed by atoms with Gasteiger partial charge in [-0.2, -0.15) is 0 Å². The number of aliphatic hydroxyl groups is 1. The summed E-state index contributed by atoms with van der Waals surface area (Å²) in [6.07, 6.45) is 0.454. The number of benzene rings is 2. The summed E-state index contributed by atoms with van der Waals surface area (Å²) in [7, 11) is 0. The quantitative estimate of drug-likeness (QED) is 0.285. The van der Waals surface area contributed by atoms with E-state index in [1.165, 1.54) is 22.2 Å². The molecule has 0 saturated carbocycles. The van der Waals surface area contributed by atoms with Crippen LogP contribution >= 0.6 is 23.5 Å². The van der Waals surface area contributed by atoms with Crippen molar-refractivity contribution in [2.24, 2.45) is 0 Å². The van der Waals surface area contributed by atoms with Crippen LogP contribution in [0.5, 0.6) is 0 Å². The summed E-state index contributed by atoms with van der Waals surface area (Å²) in [4.78, 5) is 30.8. The minimum absolute atomic E-state index is 0.0114. The smallest absolute Gasteiger partial charge is 0.262 e. The molecule has 30 heavy (non-hydrogen) atoms. The maximum atomic E-state index is 12.8. The Kier molecular flexibility index (Phi) is 8.36. The summed E-state index contributed by atoms with van der Waals surface area (Å²) >= 11 is 2.94. The van der Waals surface area contributed by atoms with E-state index in [0.29, 0.717) is 35.6 Å². The highest BCUT2D eigenvalue weighted by molar-refractivity contribution is 7.99. The van der Waals surface area contributed by atoms with Crippen LogP contribution in [0.25, 0.3) is 10.9 Å². The number of aliphatic hydroxyl groups excluding tert-OH is 1. The van der Waals surface area contributed by atoms with Crippen LogP contribution in [0.4, 0.5) is 0 Å². The van der Waals surface area contributed by atoms with E-state index in [1.807, 2.05) is 6.07 Å². The van der Waals surface area contributed by atoms with Crippen molar-refractivity contribution in [2.75, 3.05) is 24.7 Å². The summed E-state index contributed by atoms with van der Waals surface area (Å²) in [6.45, 7) is 2.98. The lowest BCUT2D eigenvalue weighted by molar-refractivity contribution is -0.118. The van der Waals surface area contributed by atoms with Gasteiger partial charge >= 0.3 is 0 Å². The van der Waals surface area contributed by atoms with E-state index in [2.05, 4.69) is 41.5 Å². The first-order valence-electron chi connectivity index (χ1n) is 9.78. The zero-order chi connectivity index (χ0) is 21.3. The summed E-state index contributed by atoms with van der Waals surface area (Å²) in [5.41, 5.74) is 1.69. The van der Waals surface area contributed by atoms with Gasteiger partial charge in [-0.3, -0.25) is 14.2 Å². The molecule has 0 bridgehead atoms. The van der Waals surface area contributed by atoms with Gasteiger partial charge in [-0.25, -0.2) is 4.98 Å².